The third kappa shape index (κ3) is 19.2. The maximum absolute atomic E-state index is 5.90. The van der Waals surface area contributed by atoms with E-state index in [9.17, 15) is 0 Å². The predicted octanol–water partition coefficient (Wildman–Crippen LogP) is 10.9. The van der Waals surface area contributed by atoms with E-state index in [1.807, 2.05) is 0 Å². The van der Waals surface area contributed by atoms with Gasteiger partial charge in [-0.15, -0.1) is 0 Å². The van der Waals surface area contributed by atoms with Gasteiger partial charge in [-0.1, -0.05) is 168 Å². The predicted molar refractivity (Wildman–Crippen MR) is 140 cm³/mol. The lowest BCUT2D eigenvalue weighted by atomic mass is 9.94. The molecule has 0 radical (unpaired) electrons. The van der Waals surface area contributed by atoms with Crippen LogP contribution in [0.3, 0.4) is 0 Å². The summed E-state index contributed by atoms with van der Waals surface area (Å²) in [5.74, 6) is 0. The van der Waals surface area contributed by atoms with Gasteiger partial charge in [-0.25, -0.2) is 0 Å². The molecule has 1 unspecified atom stereocenters. The molecule has 1 aliphatic heterocycles. The van der Waals surface area contributed by atoms with Crippen molar-refractivity contribution in [1.29, 1.82) is 0 Å². The van der Waals surface area contributed by atoms with Crippen LogP contribution in [0.5, 0.6) is 0 Å². The van der Waals surface area contributed by atoms with Crippen molar-refractivity contribution in [2.75, 3.05) is 6.61 Å². The summed E-state index contributed by atoms with van der Waals surface area (Å²) in [4.78, 5) is 0. The van der Waals surface area contributed by atoms with Gasteiger partial charge in [-0.3, -0.25) is 0 Å². The molecule has 1 aliphatic rings. The first-order valence-corrected chi connectivity index (χ1v) is 15.0. The molecule has 31 heavy (non-hydrogen) atoms. The highest BCUT2D eigenvalue weighted by Gasteiger charge is 2.42. The Hall–Kier alpha value is -0.0400. The van der Waals surface area contributed by atoms with Gasteiger partial charge in [0, 0.05) is 0 Å². The lowest BCUT2D eigenvalue weighted by Gasteiger charge is -2.11. The molecule has 1 saturated heterocycles. The molecule has 0 amide bonds. The molecule has 186 valence electrons. The molecule has 0 bridgehead atoms. The van der Waals surface area contributed by atoms with E-state index in [4.69, 9.17) is 4.74 Å². The van der Waals surface area contributed by atoms with Crippen molar-refractivity contribution in [2.45, 2.75) is 186 Å². The molecular weight excluding hydrogens is 376 g/mol. The Labute approximate surface area is 197 Å². The van der Waals surface area contributed by atoms with Crippen LogP contribution in [0.15, 0.2) is 0 Å². The average molecular weight is 437 g/mol. The Morgan fingerprint density at radius 1 is 0.387 bits per heavy atom. The van der Waals surface area contributed by atoms with E-state index in [1.165, 1.54) is 167 Å². The molecule has 1 heterocycles. The first kappa shape index (κ1) is 29.0. The highest BCUT2D eigenvalue weighted by Crippen LogP contribution is 2.38. The van der Waals surface area contributed by atoms with Crippen molar-refractivity contribution < 1.29 is 4.74 Å². The molecule has 0 aromatic heterocycles. The fourth-order valence-corrected chi connectivity index (χ4v) is 5.09. The van der Waals surface area contributed by atoms with E-state index < -0.39 is 0 Å². The molecule has 1 nitrogen and oxygen atoms in total. The highest BCUT2D eigenvalue weighted by molar-refractivity contribution is 4.91. The Kier molecular flexibility index (Phi) is 20.4. The van der Waals surface area contributed by atoms with Gasteiger partial charge >= 0.3 is 0 Å². The molecule has 0 aromatic rings. The van der Waals surface area contributed by atoms with Gasteiger partial charge < -0.3 is 4.74 Å². The zero-order valence-corrected chi connectivity index (χ0v) is 22.0. The van der Waals surface area contributed by atoms with Crippen LogP contribution in [0, 0.1) is 0 Å². The van der Waals surface area contributed by atoms with E-state index in [2.05, 4.69) is 13.8 Å². The van der Waals surface area contributed by atoms with Gasteiger partial charge in [0.1, 0.15) is 0 Å². The number of ether oxygens (including phenoxy) is 1. The SMILES string of the molecule is CCCCCCCCCCCCCCCC1(CCCCCCCCCCCCC)CO1. The van der Waals surface area contributed by atoms with Crippen molar-refractivity contribution in [3.8, 4) is 0 Å². The number of epoxide rings is 1. The number of unbranched alkanes of at least 4 members (excludes halogenated alkanes) is 22. The van der Waals surface area contributed by atoms with Gasteiger partial charge in [0.25, 0.3) is 0 Å². The Morgan fingerprint density at radius 2 is 0.613 bits per heavy atom. The van der Waals surface area contributed by atoms with Crippen molar-refractivity contribution >= 4 is 0 Å². The van der Waals surface area contributed by atoms with Crippen molar-refractivity contribution in [1.82, 2.24) is 0 Å². The number of hydrogen-bond acceptors (Lipinski definition) is 1. The van der Waals surface area contributed by atoms with E-state index in [-0.39, 0.29) is 0 Å². The van der Waals surface area contributed by atoms with Crippen LogP contribution < -0.4 is 0 Å². The van der Waals surface area contributed by atoms with Crippen molar-refractivity contribution in [3.05, 3.63) is 0 Å². The van der Waals surface area contributed by atoms with Crippen LogP contribution in [0.25, 0.3) is 0 Å². The normalized spacial score (nSPS) is 18.0. The summed E-state index contributed by atoms with van der Waals surface area (Å²) in [6.45, 7) is 5.66. The number of hydrogen-bond donors (Lipinski definition) is 0. The second kappa shape index (κ2) is 21.8. The van der Waals surface area contributed by atoms with Crippen molar-refractivity contribution in [2.24, 2.45) is 0 Å². The summed E-state index contributed by atoms with van der Waals surface area (Å²) in [5, 5.41) is 0. The van der Waals surface area contributed by atoms with Crippen LogP contribution in [-0.2, 0) is 4.74 Å². The van der Waals surface area contributed by atoms with Crippen LogP contribution in [0.4, 0.5) is 0 Å². The van der Waals surface area contributed by atoms with E-state index in [0.29, 0.717) is 5.60 Å². The van der Waals surface area contributed by atoms with Crippen LogP contribution in [0.2, 0.25) is 0 Å². The van der Waals surface area contributed by atoms with Crippen LogP contribution >= 0.6 is 0 Å². The smallest absolute Gasteiger partial charge is 0.0916 e. The topological polar surface area (TPSA) is 12.5 Å². The summed E-state index contributed by atoms with van der Waals surface area (Å²) in [5.41, 5.74) is 0.330. The lowest BCUT2D eigenvalue weighted by molar-refractivity contribution is 0.260. The fraction of sp³-hybridized carbons (Fsp3) is 1.00. The second-order valence-corrected chi connectivity index (χ2v) is 10.7. The molecule has 0 saturated carbocycles. The fourth-order valence-electron chi connectivity index (χ4n) is 5.09. The molecule has 0 aliphatic carbocycles. The third-order valence-corrected chi connectivity index (χ3v) is 7.52. The quantitative estimate of drug-likeness (QED) is 0.0969. The summed E-state index contributed by atoms with van der Waals surface area (Å²) in [6.07, 6.45) is 37.4. The standard InChI is InChI=1S/C30H60O/c1-3-5-7-9-11-13-15-16-18-20-22-24-26-28-30(29-31-30)27-25-23-21-19-17-14-12-10-8-6-4-2/h3-29H2,1-2H3. The van der Waals surface area contributed by atoms with Crippen LogP contribution in [0.1, 0.15) is 181 Å². The average Bonchev–Trinajstić information content (AvgIpc) is 3.55. The lowest BCUT2D eigenvalue weighted by Crippen LogP contribution is -2.10. The molecular formula is C30H60O. The maximum Gasteiger partial charge on any atom is 0.0916 e. The minimum atomic E-state index is 0.330. The molecule has 0 spiro atoms. The zero-order valence-electron chi connectivity index (χ0n) is 22.0. The minimum Gasteiger partial charge on any atom is -0.370 e. The zero-order chi connectivity index (χ0) is 22.3. The molecule has 1 atom stereocenters. The number of rotatable bonds is 26. The minimum absolute atomic E-state index is 0.330. The highest BCUT2D eigenvalue weighted by atomic mass is 16.6. The first-order chi connectivity index (χ1) is 15.3. The molecule has 1 heteroatoms. The summed E-state index contributed by atoms with van der Waals surface area (Å²) in [7, 11) is 0. The van der Waals surface area contributed by atoms with Gasteiger partial charge in [-0.05, 0) is 12.8 Å². The Balaban J connectivity index is 1.76. The van der Waals surface area contributed by atoms with E-state index >= 15 is 0 Å². The molecule has 1 rings (SSSR count). The Bertz CT molecular complexity index is 346. The molecule has 1 fully saturated rings. The first-order valence-electron chi connectivity index (χ1n) is 15.0. The van der Waals surface area contributed by atoms with Gasteiger partial charge in [0.15, 0.2) is 0 Å². The van der Waals surface area contributed by atoms with Gasteiger partial charge in [0.05, 0.1) is 12.2 Å². The van der Waals surface area contributed by atoms with Gasteiger partial charge in [0.2, 0.25) is 0 Å². The molecule has 0 aromatic carbocycles. The summed E-state index contributed by atoms with van der Waals surface area (Å²) < 4.78 is 5.90. The van der Waals surface area contributed by atoms with E-state index in [0.717, 1.165) is 6.61 Å². The largest absolute Gasteiger partial charge is 0.370 e. The third-order valence-electron chi connectivity index (χ3n) is 7.52. The second-order valence-electron chi connectivity index (χ2n) is 10.7. The van der Waals surface area contributed by atoms with Crippen LogP contribution in [-0.4, -0.2) is 12.2 Å². The van der Waals surface area contributed by atoms with Crippen molar-refractivity contribution in [3.63, 3.8) is 0 Å². The monoisotopic (exact) mass is 436 g/mol. The molecule has 0 N–H and O–H groups in total. The maximum atomic E-state index is 5.90. The summed E-state index contributed by atoms with van der Waals surface area (Å²) in [6, 6.07) is 0. The summed E-state index contributed by atoms with van der Waals surface area (Å²) >= 11 is 0. The Morgan fingerprint density at radius 3 is 0.839 bits per heavy atom. The van der Waals surface area contributed by atoms with Gasteiger partial charge in [-0.2, -0.15) is 0 Å². The van der Waals surface area contributed by atoms with E-state index in [1.54, 1.807) is 0 Å².